The number of aliphatic hydroxyl groups is 4. The molecule has 1 aliphatic heterocycles. The van der Waals surface area contributed by atoms with Crippen LogP contribution in [0.2, 0.25) is 0 Å². The molecule has 1 fully saturated rings. The molecule has 0 bridgehead atoms. The summed E-state index contributed by atoms with van der Waals surface area (Å²) in [7, 11) is 0. The lowest BCUT2D eigenvalue weighted by Gasteiger charge is -2.47. The van der Waals surface area contributed by atoms with E-state index in [4.69, 9.17) is 9.84 Å². The van der Waals surface area contributed by atoms with Gasteiger partial charge in [-0.25, -0.2) is 0 Å². The summed E-state index contributed by atoms with van der Waals surface area (Å²) in [6.45, 7) is 4.10. The van der Waals surface area contributed by atoms with Crippen LogP contribution in [0.5, 0.6) is 0 Å². The summed E-state index contributed by atoms with van der Waals surface area (Å²) < 4.78 is 5.17. The molecule has 0 unspecified atom stereocenters. The Labute approximate surface area is 105 Å². The van der Waals surface area contributed by atoms with E-state index < -0.39 is 42.7 Å². The average Bonchev–Trinajstić information content (AvgIpc) is 2.30. The molecule has 1 heterocycles. The minimum absolute atomic E-state index is 0.0712. The van der Waals surface area contributed by atoms with Crippen molar-refractivity contribution in [2.75, 3.05) is 6.61 Å². The second-order valence-electron chi connectivity index (χ2n) is 4.34. The van der Waals surface area contributed by atoms with Crippen LogP contribution in [0.25, 0.3) is 0 Å². The van der Waals surface area contributed by atoms with E-state index in [-0.39, 0.29) is 6.42 Å². The first kappa shape index (κ1) is 15.1. The van der Waals surface area contributed by atoms with Crippen LogP contribution in [0.4, 0.5) is 0 Å². The van der Waals surface area contributed by atoms with E-state index >= 15 is 0 Å². The summed E-state index contributed by atoms with van der Waals surface area (Å²) in [6, 6.07) is -1.20. The molecule has 1 aliphatic rings. The highest BCUT2D eigenvalue weighted by Gasteiger charge is 2.52. The van der Waals surface area contributed by atoms with Crippen molar-refractivity contribution in [2.45, 2.75) is 43.5 Å². The third-order valence-electron chi connectivity index (χ3n) is 2.89. The molecule has 1 amide bonds. The number of hydrogen-bond donors (Lipinski definition) is 5. The lowest BCUT2D eigenvalue weighted by molar-refractivity contribution is -0.316. The van der Waals surface area contributed by atoms with Gasteiger partial charge in [0.15, 0.2) is 5.79 Å². The zero-order valence-electron chi connectivity index (χ0n) is 10.1. The molecule has 5 atom stereocenters. The Morgan fingerprint density at radius 1 is 1.50 bits per heavy atom. The predicted molar refractivity (Wildman–Crippen MR) is 61.3 cm³/mol. The Hall–Kier alpha value is -0.990. The van der Waals surface area contributed by atoms with E-state index in [0.717, 1.165) is 0 Å². The van der Waals surface area contributed by atoms with Crippen molar-refractivity contribution in [2.24, 2.45) is 0 Å². The van der Waals surface area contributed by atoms with Gasteiger partial charge in [-0.1, -0.05) is 6.08 Å². The number of carbonyl (C=O) groups excluding carboxylic acids is 1. The van der Waals surface area contributed by atoms with Gasteiger partial charge in [-0.15, -0.1) is 6.58 Å². The van der Waals surface area contributed by atoms with Crippen LogP contribution in [-0.4, -0.2) is 63.1 Å². The fraction of sp³-hybridized carbons (Fsp3) is 0.727. The Bertz CT molecular complexity index is 323. The molecule has 1 saturated heterocycles. The van der Waals surface area contributed by atoms with Gasteiger partial charge in [0.2, 0.25) is 5.91 Å². The Balaban J connectivity index is 3.00. The summed E-state index contributed by atoms with van der Waals surface area (Å²) in [5.41, 5.74) is 0. The molecule has 0 spiro atoms. The molecular weight excluding hydrogens is 242 g/mol. The number of ether oxygens (including phenoxy) is 1. The van der Waals surface area contributed by atoms with Crippen molar-refractivity contribution in [3.05, 3.63) is 12.7 Å². The standard InChI is InChI=1S/C11H19NO6/c1-3-4-11(17)10(12-6(2)14)9(16)8(15)7(5-13)18-11/h3,7-10,13,15-17H,1,4-5H2,2H3,(H,12,14)/t7-,8-,9+,10+,11+/m1/s1. The van der Waals surface area contributed by atoms with Gasteiger partial charge < -0.3 is 30.5 Å². The molecule has 0 aromatic heterocycles. The first-order chi connectivity index (χ1) is 8.35. The zero-order chi connectivity index (χ0) is 13.9. The third kappa shape index (κ3) is 2.88. The molecule has 18 heavy (non-hydrogen) atoms. The minimum Gasteiger partial charge on any atom is -0.394 e. The molecule has 104 valence electrons. The Kier molecular flexibility index (Phi) is 4.83. The molecule has 0 aliphatic carbocycles. The van der Waals surface area contributed by atoms with Gasteiger partial charge in [0.05, 0.1) is 6.61 Å². The largest absolute Gasteiger partial charge is 0.394 e. The van der Waals surface area contributed by atoms with Crippen molar-refractivity contribution in [1.82, 2.24) is 5.32 Å². The van der Waals surface area contributed by atoms with E-state index in [2.05, 4.69) is 11.9 Å². The van der Waals surface area contributed by atoms with Crippen LogP contribution < -0.4 is 5.32 Å². The van der Waals surface area contributed by atoms with Crippen LogP contribution in [0.1, 0.15) is 13.3 Å². The summed E-state index contributed by atoms with van der Waals surface area (Å²) in [5.74, 6) is -2.40. The molecular formula is C11H19NO6. The number of carbonyl (C=O) groups is 1. The van der Waals surface area contributed by atoms with Gasteiger partial charge >= 0.3 is 0 Å². The van der Waals surface area contributed by atoms with E-state index in [1.165, 1.54) is 13.0 Å². The van der Waals surface area contributed by atoms with Gasteiger partial charge in [-0.05, 0) is 0 Å². The molecule has 7 nitrogen and oxygen atoms in total. The second-order valence-corrected chi connectivity index (χ2v) is 4.34. The quantitative estimate of drug-likeness (QED) is 0.369. The Morgan fingerprint density at radius 3 is 2.56 bits per heavy atom. The molecule has 7 heteroatoms. The summed E-state index contributed by atoms with van der Waals surface area (Å²) in [4.78, 5) is 11.1. The normalized spacial score (nSPS) is 40.3. The zero-order valence-corrected chi connectivity index (χ0v) is 10.1. The molecule has 0 saturated carbocycles. The van der Waals surface area contributed by atoms with E-state index in [9.17, 15) is 20.1 Å². The van der Waals surface area contributed by atoms with Crippen LogP contribution >= 0.6 is 0 Å². The third-order valence-corrected chi connectivity index (χ3v) is 2.89. The van der Waals surface area contributed by atoms with Crippen LogP contribution in [0, 0.1) is 0 Å². The Morgan fingerprint density at radius 2 is 2.11 bits per heavy atom. The first-order valence-electron chi connectivity index (χ1n) is 5.61. The maximum absolute atomic E-state index is 11.1. The lowest BCUT2D eigenvalue weighted by atomic mass is 9.88. The SMILES string of the molecule is C=CC[C@]1(O)O[C@H](CO)[C@@H](O)[C@H](O)[C@@H]1NC(C)=O. The smallest absolute Gasteiger partial charge is 0.217 e. The van der Waals surface area contributed by atoms with Crippen molar-refractivity contribution in [3.63, 3.8) is 0 Å². The van der Waals surface area contributed by atoms with Crippen molar-refractivity contribution in [1.29, 1.82) is 0 Å². The van der Waals surface area contributed by atoms with Crippen LogP contribution in [0.3, 0.4) is 0 Å². The molecule has 0 radical (unpaired) electrons. The number of amides is 1. The molecule has 5 N–H and O–H groups in total. The highest BCUT2D eigenvalue weighted by atomic mass is 16.6. The minimum atomic E-state index is -1.92. The summed E-state index contributed by atoms with van der Waals surface area (Å²) >= 11 is 0. The summed E-state index contributed by atoms with van der Waals surface area (Å²) in [5, 5.41) is 41.2. The highest BCUT2D eigenvalue weighted by Crippen LogP contribution is 2.30. The maximum atomic E-state index is 11.1. The van der Waals surface area contributed by atoms with Gasteiger partial charge in [0, 0.05) is 13.3 Å². The molecule has 0 aromatic rings. The first-order valence-corrected chi connectivity index (χ1v) is 5.61. The predicted octanol–water partition coefficient (Wildman–Crippen LogP) is -2.13. The lowest BCUT2D eigenvalue weighted by Crippen LogP contribution is -2.70. The second kappa shape index (κ2) is 5.77. The van der Waals surface area contributed by atoms with Gasteiger partial charge in [-0.2, -0.15) is 0 Å². The number of rotatable bonds is 4. The highest BCUT2D eigenvalue weighted by molar-refractivity contribution is 5.73. The van der Waals surface area contributed by atoms with E-state index in [1.54, 1.807) is 0 Å². The van der Waals surface area contributed by atoms with Crippen molar-refractivity contribution in [3.8, 4) is 0 Å². The molecule has 1 rings (SSSR count). The van der Waals surface area contributed by atoms with E-state index in [1.807, 2.05) is 0 Å². The fourth-order valence-electron chi connectivity index (χ4n) is 2.03. The number of hydrogen-bond acceptors (Lipinski definition) is 6. The van der Waals surface area contributed by atoms with Crippen molar-refractivity contribution >= 4 is 5.91 Å². The van der Waals surface area contributed by atoms with E-state index in [0.29, 0.717) is 0 Å². The number of aliphatic hydroxyl groups excluding tert-OH is 3. The van der Waals surface area contributed by atoms with Crippen molar-refractivity contribution < 1.29 is 30.0 Å². The molecule has 0 aromatic carbocycles. The monoisotopic (exact) mass is 261 g/mol. The number of nitrogens with one attached hydrogen (secondary N) is 1. The maximum Gasteiger partial charge on any atom is 0.217 e. The van der Waals surface area contributed by atoms with Gasteiger partial charge in [-0.3, -0.25) is 4.79 Å². The van der Waals surface area contributed by atoms with Gasteiger partial charge in [0.25, 0.3) is 0 Å². The van der Waals surface area contributed by atoms with Gasteiger partial charge in [0.1, 0.15) is 24.4 Å². The summed E-state index contributed by atoms with van der Waals surface area (Å²) in [6.07, 6.45) is -2.71. The van der Waals surface area contributed by atoms with Crippen LogP contribution in [0.15, 0.2) is 12.7 Å². The van der Waals surface area contributed by atoms with Crippen LogP contribution in [-0.2, 0) is 9.53 Å². The average molecular weight is 261 g/mol. The topological polar surface area (TPSA) is 119 Å². The fourth-order valence-corrected chi connectivity index (χ4v) is 2.03.